The molecule has 0 rings (SSSR count). The van der Waals surface area contributed by atoms with Crippen LogP contribution in [0.4, 0.5) is 0 Å². The van der Waals surface area contributed by atoms with E-state index in [2.05, 4.69) is 13.8 Å². The Bertz CT molecular complexity index is 379. The van der Waals surface area contributed by atoms with Gasteiger partial charge in [-0.15, -0.1) is 0 Å². The van der Waals surface area contributed by atoms with Gasteiger partial charge in [0.05, 0.1) is 0 Å². The quantitative estimate of drug-likeness (QED) is 0.116. The Hall–Kier alpha value is -0.530. The summed E-state index contributed by atoms with van der Waals surface area (Å²) in [5.41, 5.74) is 0. The number of unbranched alkanes of at least 4 members (excludes halogenated alkanes) is 23. The molecule has 0 spiro atoms. The second-order valence-corrected chi connectivity index (χ2v) is 10.9. The van der Waals surface area contributed by atoms with Crippen molar-refractivity contribution in [3.63, 3.8) is 0 Å². The predicted octanol–water partition coefficient (Wildman–Crippen LogP) is 11.3. The highest BCUT2D eigenvalue weighted by molar-refractivity contribution is 5.66. The van der Waals surface area contributed by atoms with E-state index in [4.69, 9.17) is 5.11 Å². The van der Waals surface area contributed by atoms with Gasteiger partial charge in [-0.1, -0.05) is 174 Å². The molecular weight excluding hydrogens is 404 g/mol. The molecule has 0 fully saturated rings. The van der Waals surface area contributed by atoms with Gasteiger partial charge in [0.1, 0.15) is 0 Å². The number of carbonyl (C=O) groups is 1. The lowest BCUT2D eigenvalue weighted by molar-refractivity contribution is -0.137. The third kappa shape index (κ3) is 29.4. The summed E-state index contributed by atoms with van der Waals surface area (Å²) < 4.78 is 0. The number of rotatable bonds is 28. The van der Waals surface area contributed by atoms with E-state index in [0.717, 1.165) is 18.8 Å². The van der Waals surface area contributed by atoms with Crippen LogP contribution in [-0.4, -0.2) is 11.1 Å². The van der Waals surface area contributed by atoms with E-state index in [1.54, 1.807) is 0 Å². The highest BCUT2D eigenvalue weighted by atomic mass is 16.4. The normalized spacial score (nSPS) is 12.3. The molecule has 33 heavy (non-hydrogen) atoms. The van der Waals surface area contributed by atoms with Crippen LogP contribution in [0.2, 0.25) is 0 Å². The van der Waals surface area contributed by atoms with Crippen LogP contribution in [0.15, 0.2) is 0 Å². The number of hydrogen-bond donors (Lipinski definition) is 1. The second kappa shape index (κ2) is 27.7. The molecule has 0 aromatic rings. The Balaban J connectivity index is 3.03. The van der Waals surface area contributed by atoms with E-state index in [1.807, 2.05) is 0 Å². The Labute approximate surface area is 209 Å². The molecule has 0 heterocycles. The van der Waals surface area contributed by atoms with E-state index in [1.165, 1.54) is 154 Å². The van der Waals surface area contributed by atoms with Gasteiger partial charge in [-0.3, -0.25) is 4.79 Å². The highest BCUT2D eigenvalue weighted by Gasteiger charge is 1.99. The lowest BCUT2D eigenvalue weighted by atomic mass is 9.99. The van der Waals surface area contributed by atoms with Gasteiger partial charge in [-0.2, -0.15) is 0 Å². The van der Waals surface area contributed by atoms with Gasteiger partial charge in [-0.05, 0) is 12.3 Å². The number of aliphatic carboxylic acids is 1. The van der Waals surface area contributed by atoms with Crippen LogP contribution in [0.3, 0.4) is 0 Å². The van der Waals surface area contributed by atoms with Crippen LogP contribution in [0.5, 0.6) is 0 Å². The Morgan fingerprint density at radius 1 is 0.485 bits per heavy atom. The third-order valence-electron chi connectivity index (χ3n) is 7.53. The van der Waals surface area contributed by atoms with Gasteiger partial charge < -0.3 is 5.11 Å². The minimum absolute atomic E-state index is 0.346. The van der Waals surface area contributed by atoms with Crippen LogP contribution in [-0.2, 0) is 4.79 Å². The van der Waals surface area contributed by atoms with Gasteiger partial charge in [0, 0.05) is 6.42 Å². The van der Waals surface area contributed by atoms with Crippen molar-refractivity contribution in [2.24, 2.45) is 5.92 Å². The molecule has 0 unspecified atom stereocenters. The minimum Gasteiger partial charge on any atom is -0.481 e. The third-order valence-corrected chi connectivity index (χ3v) is 7.53. The van der Waals surface area contributed by atoms with Crippen LogP contribution >= 0.6 is 0 Å². The summed E-state index contributed by atoms with van der Waals surface area (Å²) >= 11 is 0. The van der Waals surface area contributed by atoms with Gasteiger partial charge in [0.15, 0.2) is 0 Å². The van der Waals surface area contributed by atoms with Crippen molar-refractivity contribution in [1.82, 2.24) is 0 Å². The molecular formula is C31H62O2. The molecule has 0 aliphatic carbocycles. The summed E-state index contributed by atoms with van der Waals surface area (Å²) in [7, 11) is 0. The van der Waals surface area contributed by atoms with Crippen molar-refractivity contribution in [1.29, 1.82) is 0 Å². The van der Waals surface area contributed by atoms with E-state index in [9.17, 15) is 4.79 Å². The first-order chi connectivity index (χ1) is 16.2. The fraction of sp³-hybridized carbons (Fsp3) is 0.968. The summed E-state index contributed by atoms with van der Waals surface area (Å²) in [6.45, 7) is 4.71. The molecule has 198 valence electrons. The summed E-state index contributed by atoms with van der Waals surface area (Å²) in [6, 6.07) is 0. The highest BCUT2D eigenvalue weighted by Crippen LogP contribution is 2.17. The lowest BCUT2D eigenvalue weighted by Crippen LogP contribution is -1.93. The Morgan fingerprint density at radius 3 is 0.970 bits per heavy atom. The molecule has 1 N–H and O–H groups in total. The van der Waals surface area contributed by atoms with E-state index >= 15 is 0 Å². The number of carboxylic acids is 1. The van der Waals surface area contributed by atoms with Crippen molar-refractivity contribution in [2.75, 3.05) is 0 Å². The Kier molecular flexibility index (Phi) is 27.3. The first kappa shape index (κ1) is 32.5. The zero-order valence-electron chi connectivity index (χ0n) is 23.0. The van der Waals surface area contributed by atoms with Crippen molar-refractivity contribution < 1.29 is 9.90 Å². The van der Waals surface area contributed by atoms with Crippen LogP contribution < -0.4 is 0 Å². The maximum Gasteiger partial charge on any atom is 0.303 e. The van der Waals surface area contributed by atoms with E-state index in [-0.39, 0.29) is 0 Å². The van der Waals surface area contributed by atoms with E-state index < -0.39 is 5.97 Å². The predicted molar refractivity (Wildman–Crippen MR) is 147 cm³/mol. The van der Waals surface area contributed by atoms with Crippen LogP contribution in [0.25, 0.3) is 0 Å². The van der Waals surface area contributed by atoms with Crippen molar-refractivity contribution in [3.8, 4) is 0 Å². The largest absolute Gasteiger partial charge is 0.481 e. The zero-order valence-corrected chi connectivity index (χ0v) is 23.0. The summed E-state index contributed by atoms with van der Waals surface area (Å²) in [5.74, 6) is 0.288. The summed E-state index contributed by atoms with van der Waals surface area (Å²) in [4.78, 5) is 10.4. The van der Waals surface area contributed by atoms with Crippen molar-refractivity contribution in [3.05, 3.63) is 0 Å². The lowest BCUT2D eigenvalue weighted by Gasteiger charge is -2.07. The molecule has 2 heteroatoms. The monoisotopic (exact) mass is 466 g/mol. The van der Waals surface area contributed by atoms with Crippen LogP contribution in [0, 0.1) is 5.92 Å². The molecule has 1 atom stereocenters. The number of hydrogen-bond acceptors (Lipinski definition) is 1. The topological polar surface area (TPSA) is 37.3 Å². The fourth-order valence-electron chi connectivity index (χ4n) is 4.86. The van der Waals surface area contributed by atoms with Crippen molar-refractivity contribution in [2.45, 2.75) is 187 Å². The fourth-order valence-corrected chi connectivity index (χ4v) is 4.86. The molecule has 0 saturated carbocycles. The maximum absolute atomic E-state index is 10.4. The second-order valence-electron chi connectivity index (χ2n) is 10.9. The molecule has 0 bridgehead atoms. The SMILES string of the molecule is CC[C@@H](C)CCCCCCCCCCCCCCCCCCCCCCCCCCC(=O)O. The number of carboxylic acid groups (broad SMARTS) is 1. The summed E-state index contributed by atoms with van der Waals surface area (Å²) in [6.07, 6.45) is 36.4. The molecule has 0 saturated heterocycles. The molecule has 0 aromatic carbocycles. The molecule has 2 nitrogen and oxygen atoms in total. The molecule has 0 aliphatic heterocycles. The van der Waals surface area contributed by atoms with Crippen molar-refractivity contribution >= 4 is 5.97 Å². The molecule has 0 aliphatic rings. The van der Waals surface area contributed by atoms with Gasteiger partial charge >= 0.3 is 5.97 Å². The first-order valence-electron chi connectivity index (χ1n) is 15.4. The minimum atomic E-state index is -0.649. The molecule has 0 amide bonds. The Morgan fingerprint density at radius 2 is 0.727 bits per heavy atom. The maximum atomic E-state index is 10.4. The van der Waals surface area contributed by atoms with E-state index in [0.29, 0.717) is 6.42 Å². The smallest absolute Gasteiger partial charge is 0.303 e. The van der Waals surface area contributed by atoms with Gasteiger partial charge in [0.25, 0.3) is 0 Å². The average Bonchev–Trinajstić information content (AvgIpc) is 2.80. The standard InChI is InChI=1S/C31H62O2/c1-3-30(2)28-26-24-22-20-18-16-14-12-10-8-6-4-5-7-9-11-13-15-17-19-21-23-25-27-29-31(32)33/h30H,3-29H2,1-2H3,(H,32,33)/t30-/m1/s1. The van der Waals surface area contributed by atoms with Gasteiger partial charge in [-0.25, -0.2) is 0 Å². The molecule has 0 radical (unpaired) electrons. The van der Waals surface area contributed by atoms with Gasteiger partial charge in [0.2, 0.25) is 0 Å². The summed E-state index contributed by atoms with van der Waals surface area (Å²) in [5, 5.41) is 8.61. The zero-order chi connectivity index (χ0) is 24.2. The molecule has 0 aromatic heterocycles. The first-order valence-corrected chi connectivity index (χ1v) is 15.4. The van der Waals surface area contributed by atoms with Crippen LogP contribution in [0.1, 0.15) is 187 Å². The average molecular weight is 467 g/mol.